The average Bonchev–Trinajstić information content (AvgIpc) is 3.15. The van der Waals surface area contributed by atoms with Crippen molar-refractivity contribution in [1.82, 2.24) is 30.0 Å². The molecule has 3 heterocycles. The van der Waals surface area contributed by atoms with Gasteiger partial charge in [0.15, 0.2) is 5.82 Å². The maximum absolute atomic E-state index is 5.95. The summed E-state index contributed by atoms with van der Waals surface area (Å²) in [4.78, 5) is 20.1. The minimum atomic E-state index is 0.212. The first kappa shape index (κ1) is 21.2. The van der Waals surface area contributed by atoms with E-state index in [2.05, 4.69) is 49.2 Å². The van der Waals surface area contributed by atoms with Gasteiger partial charge in [-0.2, -0.15) is 19.9 Å². The van der Waals surface area contributed by atoms with Crippen LogP contribution in [0.1, 0.15) is 55.7 Å². The lowest BCUT2D eigenvalue weighted by atomic mass is 9.98. The molecule has 1 aromatic carbocycles. The number of anilines is 3. The van der Waals surface area contributed by atoms with Crippen LogP contribution in [0.5, 0.6) is 0 Å². The molecule has 0 amide bonds. The number of aromatic nitrogens is 5. The number of nitrogen functional groups attached to an aromatic ring is 1. The third-order valence-corrected chi connectivity index (χ3v) is 5.27. The van der Waals surface area contributed by atoms with Crippen molar-refractivity contribution in [2.24, 2.45) is 5.92 Å². The molecule has 1 unspecified atom stereocenters. The van der Waals surface area contributed by atoms with E-state index < -0.39 is 0 Å². The standard InChI is InChI=1S/C22H30N8O/c1-14(2)10-18-25-20(31-29-18)16-7-5-9-30(12-16)13-19-26-21(23)28-22(27-19)24-17-8-4-6-15(3)11-17/h4,6,8,11,14,16H,5,7,9-10,12-13H2,1-3H3,(H3,23,24,26,27,28). The van der Waals surface area contributed by atoms with Crippen molar-refractivity contribution in [2.75, 3.05) is 24.1 Å². The maximum Gasteiger partial charge on any atom is 0.232 e. The number of nitrogens with two attached hydrogens (primary N) is 1. The zero-order valence-electron chi connectivity index (χ0n) is 18.4. The molecule has 4 rings (SSSR count). The first-order valence-electron chi connectivity index (χ1n) is 10.8. The molecule has 1 aliphatic heterocycles. The van der Waals surface area contributed by atoms with Crippen LogP contribution in [-0.4, -0.2) is 43.1 Å². The molecule has 31 heavy (non-hydrogen) atoms. The Morgan fingerprint density at radius 2 is 2.06 bits per heavy atom. The van der Waals surface area contributed by atoms with Crippen LogP contribution in [0.4, 0.5) is 17.6 Å². The van der Waals surface area contributed by atoms with E-state index in [1.165, 1.54) is 0 Å². The van der Waals surface area contributed by atoms with Gasteiger partial charge in [-0.15, -0.1) is 0 Å². The number of likely N-dealkylation sites (tertiary alicyclic amines) is 1. The molecule has 164 valence electrons. The number of benzene rings is 1. The number of nitrogens with one attached hydrogen (secondary N) is 1. The lowest BCUT2D eigenvalue weighted by Crippen LogP contribution is -2.34. The Kier molecular flexibility index (Phi) is 6.41. The van der Waals surface area contributed by atoms with Gasteiger partial charge in [0.05, 0.1) is 12.5 Å². The van der Waals surface area contributed by atoms with Crippen molar-refractivity contribution in [3.8, 4) is 0 Å². The molecule has 1 aliphatic rings. The molecule has 3 N–H and O–H groups in total. The van der Waals surface area contributed by atoms with Crippen LogP contribution in [0.2, 0.25) is 0 Å². The Hall–Kier alpha value is -3.07. The van der Waals surface area contributed by atoms with Crippen LogP contribution >= 0.6 is 0 Å². The van der Waals surface area contributed by atoms with Crippen LogP contribution < -0.4 is 11.1 Å². The second-order valence-corrected chi connectivity index (χ2v) is 8.65. The number of hydrogen-bond donors (Lipinski definition) is 2. The number of piperidine rings is 1. The second-order valence-electron chi connectivity index (χ2n) is 8.65. The fourth-order valence-electron chi connectivity index (χ4n) is 3.90. The number of hydrogen-bond acceptors (Lipinski definition) is 9. The molecule has 1 fully saturated rings. The molecule has 2 aromatic heterocycles. The molecule has 1 atom stereocenters. The highest BCUT2D eigenvalue weighted by Crippen LogP contribution is 2.27. The highest BCUT2D eigenvalue weighted by atomic mass is 16.5. The highest BCUT2D eigenvalue weighted by Gasteiger charge is 2.27. The van der Waals surface area contributed by atoms with Gasteiger partial charge in [-0.05, 0) is 49.9 Å². The minimum Gasteiger partial charge on any atom is -0.368 e. The van der Waals surface area contributed by atoms with Crippen LogP contribution in [0, 0.1) is 12.8 Å². The van der Waals surface area contributed by atoms with E-state index in [0.29, 0.717) is 24.2 Å². The first-order chi connectivity index (χ1) is 14.9. The summed E-state index contributed by atoms with van der Waals surface area (Å²) in [6.07, 6.45) is 2.93. The largest absolute Gasteiger partial charge is 0.368 e. The van der Waals surface area contributed by atoms with Crippen molar-refractivity contribution in [1.29, 1.82) is 0 Å². The molecule has 9 nitrogen and oxygen atoms in total. The summed E-state index contributed by atoms with van der Waals surface area (Å²) in [5.74, 6) is 3.57. The molecule has 3 aromatic rings. The Labute approximate surface area is 182 Å². The van der Waals surface area contributed by atoms with Crippen molar-refractivity contribution in [3.05, 3.63) is 47.4 Å². The van der Waals surface area contributed by atoms with Crippen molar-refractivity contribution < 1.29 is 4.52 Å². The van der Waals surface area contributed by atoms with E-state index in [0.717, 1.165) is 55.3 Å². The van der Waals surface area contributed by atoms with Gasteiger partial charge in [-0.1, -0.05) is 31.1 Å². The molecule has 0 aliphatic carbocycles. The monoisotopic (exact) mass is 422 g/mol. The van der Waals surface area contributed by atoms with Gasteiger partial charge in [0.2, 0.25) is 17.8 Å². The molecular weight excluding hydrogens is 392 g/mol. The van der Waals surface area contributed by atoms with Crippen LogP contribution in [0.15, 0.2) is 28.8 Å². The van der Waals surface area contributed by atoms with E-state index in [-0.39, 0.29) is 11.9 Å². The molecule has 1 saturated heterocycles. The van der Waals surface area contributed by atoms with Gasteiger partial charge in [-0.3, -0.25) is 4.90 Å². The molecule has 0 bridgehead atoms. The highest BCUT2D eigenvalue weighted by molar-refractivity contribution is 5.54. The first-order valence-corrected chi connectivity index (χ1v) is 10.8. The van der Waals surface area contributed by atoms with Crippen LogP contribution in [0.25, 0.3) is 0 Å². The molecule has 0 saturated carbocycles. The molecular formula is C22H30N8O. The van der Waals surface area contributed by atoms with E-state index in [1.54, 1.807) is 0 Å². The molecule has 0 spiro atoms. The predicted molar refractivity (Wildman–Crippen MR) is 119 cm³/mol. The summed E-state index contributed by atoms with van der Waals surface area (Å²) in [5.41, 5.74) is 8.03. The van der Waals surface area contributed by atoms with Gasteiger partial charge in [0.25, 0.3) is 0 Å². The zero-order valence-corrected chi connectivity index (χ0v) is 18.4. The van der Waals surface area contributed by atoms with E-state index in [4.69, 9.17) is 10.3 Å². The van der Waals surface area contributed by atoms with Crippen LogP contribution in [-0.2, 0) is 13.0 Å². The third kappa shape index (κ3) is 5.75. The number of rotatable bonds is 7. The number of nitrogens with zero attached hydrogens (tertiary/aromatic N) is 6. The molecule has 0 radical (unpaired) electrons. The summed E-state index contributed by atoms with van der Waals surface area (Å²) in [5, 5.41) is 7.37. The van der Waals surface area contributed by atoms with Crippen LogP contribution in [0.3, 0.4) is 0 Å². The minimum absolute atomic E-state index is 0.212. The Bertz CT molecular complexity index is 1020. The average molecular weight is 423 g/mol. The maximum atomic E-state index is 5.95. The second kappa shape index (κ2) is 9.38. The third-order valence-electron chi connectivity index (χ3n) is 5.27. The Morgan fingerprint density at radius 1 is 1.19 bits per heavy atom. The van der Waals surface area contributed by atoms with Crippen molar-refractivity contribution in [2.45, 2.75) is 52.5 Å². The summed E-state index contributed by atoms with van der Waals surface area (Å²) < 4.78 is 5.56. The van der Waals surface area contributed by atoms with Gasteiger partial charge in [0.1, 0.15) is 5.82 Å². The van der Waals surface area contributed by atoms with Gasteiger partial charge >= 0.3 is 0 Å². The van der Waals surface area contributed by atoms with Gasteiger partial charge < -0.3 is 15.6 Å². The van der Waals surface area contributed by atoms with E-state index in [9.17, 15) is 0 Å². The smallest absolute Gasteiger partial charge is 0.232 e. The zero-order chi connectivity index (χ0) is 21.8. The predicted octanol–water partition coefficient (Wildman–Crippen LogP) is 3.47. The summed E-state index contributed by atoms with van der Waals surface area (Å²) in [6.45, 7) is 8.74. The van der Waals surface area contributed by atoms with E-state index in [1.807, 2.05) is 31.2 Å². The van der Waals surface area contributed by atoms with E-state index >= 15 is 0 Å². The summed E-state index contributed by atoms with van der Waals surface area (Å²) in [6, 6.07) is 8.04. The lowest BCUT2D eigenvalue weighted by Gasteiger charge is -2.30. The van der Waals surface area contributed by atoms with Gasteiger partial charge in [0, 0.05) is 18.7 Å². The quantitative estimate of drug-likeness (QED) is 0.590. The van der Waals surface area contributed by atoms with Gasteiger partial charge in [-0.25, -0.2) is 0 Å². The SMILES string of the molecule is Cc1cccc(Nc2nc(N)nc(CN3CCCC(c4nc(CC(C)C)no4)C3)n2)c1. The Balaban J connectivity index is 1.42. The normalized spacial score (nSPS) is 17.2. The Morgan fingerprint density at radius 3 is 2.87 bits per heavy atom. The molecule has 9 heteroatoms. The summed E-state index contributed by atoms with van der Waals surface area (Å²) in [7, 11) is 0. The van der Waals surface area contributed by atoms with Crippen molar-refractivity contribution in [3.63, 3.8) is 0 Å². The lowest BCUT2D eigenvalue weighted by molar-refractivity contribution is 0.176. The topological polar surface area (TPSA) is 119 Å². The number of aryl methyl sites for hydroxylation is 1. The van der Waals surface area contributed by atoms with Crippen molar-refractivity contribution >= 4 is 17.6 Å². The fraction of sp³-hybridized carbons (Fsp3) is 0.500. The summed E-state index contributed by atoms with van der Waals surface area (Å²) >= 11 is 0. The fourth-order valence-corrected chi connectivity index (χ4v) is 3.90.